The van der Waals surface area contributed by atoms with Gasteiger partial charge in [-0.1, -0.05) is 108 Å². The first-order valence-electron chi connectivity index (χ1n) is 15.5. The number of carboxylic acids is 1. The largest absolute Gasteiger partial charge is 0.481 e. The molecule has 0 radical (unpaired) electrons. The predicted molar refractivity (Wildman–Crippen MR) is 200 cm³/mol. The van der Waals surface area contributed by atoms with E-state index in [1.807, 2.05) is 139 Å². The molecule has 2 aromatic heterocycles. The minimum absolute atomic E-state index is 0.181. The van der Waals surface area contributed by atoms with Gasteiger partial charge in [-0.05, 0) is 100 Å². The molecular weight excluding hydrogens is 679 g/mol. The Labute approximate surface area is 299 Å². The van der Waals surface area contributed by atoms with Crippen LogP contribution in [0.4, 0.5) is 0 Å². The Morgan fingerprint density at radius 3 is 1.46 bits per heavy atom. The number of benzene rings is 4. The summed E-state index contributed by atoms with van der Waals surface area (Å²) in [7, 11) is 0. The van der Waals surface area contributed by atoms with Gasteiger partial charge in [0.2, 0.25) is 0 Å². The van der Waals surface area contributed by atoms with Gasteiger partial charge in [0.05, 0.1) is 18.4 Å². The maximum Gasteiger partial charge on any atom is 0.313 e. The van der Waals surface area contributed by atoms with Crippen LogP contribution in [0.2, 0.25) is 10.0 Å². The molecule has 244 valence electrons. The molecule has 0 saturated carbocycles. The van der Waals surface area contributed by atoms with Gasteiger partial charge in [0.25, 0.3) is 0 Å². The van der Waals surface area contributed by atoms with Gasteiger partial charge in [-0.2, -0.15) is 0 Å². The summed E-state index contributed by atoms with van der Waals surface area (Å²) in [5.74, 6) is -1.86. The summed E-state index contributed by atoms with van der Waals surface area (Å²) >= 11 is 15.1. The number of rotatable bonds is 11. The summed E-state index contributed by atoms with van der Waals surface area (Å²) in [4.78, 5) is 26.5. The van der Waals surface area contributed by atoms with Crippen molar-refractivity contribution in [3.8, 4) is 20.9 Å². The lowest BCUT2D eigenvalue weighted by atomic mass is 9.91. The summed E-state index contributed by atoms with van der Waals surface area (Å²) in [6.45, 7) is 2.22. The summed E-state index contributed by atoms with van der Waals surface area (Å²) in [6.07, 6.45) is 1.10. The molecule has 2 heterocycles. The molecule has 2 atom stereocenters. The van der Waals surface area contributed by atoms with Crippen LogP contribution in [-0.4, -0.2) is 23.7 Å². The van der Waals surface area contributed by atoms with Crippen LogP contribution in [0.3, 0.4) is 0 Å². The highest BCUT2D eigenvalue weighted by Gasteiger charge is 2.27. The van der Waals surface area contributed by atoms with E-state index in [0.29, 0.717) is 29.5 Å². The van der Waals surface area contributed by atoms with Gasteiger partial charge in [0.1, 0.15) is 0 Å². The van der Waals surface area contributed by atoms with Gasteiger partial charge in [0.15, 0.2) is 0 Å². The maximum atomic E-state index is 12.6. The molecule has 0 fully saturated rings. The number of thiophene rings is 2. The fourth-order valence-electron chi connectivity index (χ4n) is 5.45. The van der Waals surface area contributed by atoms with E-state index >= 15 is 0 Å². The standard InChI is InChI=1S/C21H19ClO2S.C19H15ClO2S/c1-2-24-21(23)19(14-15-6-4-3-5-7-15)18-12-13-25-20(18)16-8-10-17(22)11-9-16;20-15-8-6-14(7-9-15)18-16(10-11-23-18)17(19(21)22)12-13-4-2-1-3-5-13/h3-13,19H,2,14H2,1H3;1-11,17H,12H2,(H,21,22). The third kappa shape index (κ3) is 9.24. The van der Waals surface area contributed by atoms with Crippen molar-refractivity contribution in [3.05, 3.63) is 164 Å². The highest BCUT2D eigenvalue weighted by molar-refractivity contribution is 7.14. The van der Waals surface area contributed by atoms with Crippen molar-refractivity contribution in [3.63, 3.8) is 0 Å². The number of carbonyl (C=O) groups is 2. The van der Waals surface area contributed by atoms with E-state index in [2.05, 4.69) is 0 Å². The van der Waals surface area contributed by atoms with Gasteiger partial charge in [-0.15, -0.1) is 22.7 Å². The van der Waals surface area contributed by atoms with Crippen molar-refractivity contribution in [1.82, 2.24) is 0 Å². The maximum absolute atomic E-state index is 12.6. The summed E-state index contributed by atoms with van der Waals surface area (Å²) in [5.41, 5.74) is 6.07. The summed E-state index contributed by atoms with van der Waals surface area (Å²) in [6, 6.07) is 38.9. The Morgan fingerprint density at radius 1 is 0.625 bits per heavy atom. The van der Waals surface area contributed by atoms with E-state index in [4.69, 9.17) is 27.9 Å². The second kappa shape index (κ2) is 17.3. The molecule has 0 amide bonds. The Balaban J connectivity index is 0.000000188. The van der Waals surface area contributed by atoms with Crippen molar-refractivity contribution < 1.29 is 19.4 Å². The van der Waals surface area contributed by atoms with E-state index in [9.17, 15) is 14.7 Å². The van der Waals surface area contributed by atoms with Crippen molar-refractivity contribution in [2.75, 3.05) is 6.61 Å². The van der Waals surface area contributed by atoms with Crippen LogP contribution in [0.25, 0.3) is 20.9 Å². The molecule has 4 aromatic carbocycles. The average Bonchev–Trinajstić information content (AvgIpc) is 3.79. The van der Waals surface area contributed by atoms with Crippen LogP contribution in [-0.2, 0) is 27.2 Å². The third-order valence-corrected chi connectivity index (χ3v) is 10.3. The molecule has 8 heteroatoms. The fourth-order valence-corrected chi connectivity index (χ4v) is 7.64. The number of carbonyl (C=O) groups excluding carboxylic acids is 1. The van der Waals surface area contributed by atoms with Gasteiger partial charge in [-0.25, -0.2) is 0 Å². The second-order valence-electron chi connectivity index (χ2n) is 11.0. The van der Waals surface area contributed by atoms with Crippen molar-refractivity contribution in [2.45, 2.75) is 31.6 Å². The van der Waals surface area contributed by atoms with Crippen LogP contribution in [0.1, 0.15) is 41.0 Å². The molecule has 0 aliphatic rings. The summed E-state index contributed by atoms with van der Waals surface area (Å²) in [5, 5.41) is 15.0. The summed E-state index contributed by atoms with van der Waals surface area (Å²) < 4.78 is 5.35. The zero-order valence-corrected chi connectivity index (χ0v) is 29.4. The highest BCUT2D eigenvalue weighted by Crippen LogP contribution is 2.38. The van der Waals surface area contributed by atoms with Crippen LogP contribution >= 0.6 is 45.9 Å². The first-order valence-corrected chi connectivity index (χ1v) is 18.0. The van der Waals surface area contributed by atoms with Gasteiger partial charge in [-0.3, -0.25) is 9.59 Å². The van der Waals surface area contributed by atoms with E-state index < -0.39 is 11.9 Å². The number of esters is 1. The molecular formula is C40H34Cl2O4S2. The van der Waals surface area contributed by atoms with Crippen molar-refractivity contribution in [2.24, 2.45) is 0 Å². The van der Waals surface area contributed by atoms with Gasteiger partial charge in [0, 0.05) is 19.8 Å². The zero-order chi connectivity index (χ0) is 33.9. The molecule has 0 saturated heterocycles. The Morgan fingerprint density at radius 2 is 1.04 bits per heavy atom. The monoisotopic (exact) mass is 712 g/mol. The minimum atomic E-state index is -0.803. The van der Waals surface area contributed by atoms with E-state index in [-0.39, 0.29) is 11.9 Å². The molecule has 1 N–H and O–H groups in total. The van der Waals surface area contributed by atoms with E-state index in [0.717, 1.165) is 43.1 Å². The highest BCUT2D eigenvalue weighted by atomic mass is 35.5. The number of hydrogen-bond donors (Lipinski definition) is 1. The predicted octanol–water partition coefficient (Wildman–Crippen LogP) is 11.4. The molecule has 4 nitrogen and oxygen atoms in total. The molecule has 6 rings (SSSR count). The van der Waals surface area contributed by atoms with Crippen LogP contribution in [0, 0.1) is 0 Å². The number of ether oxygens (including phenoxy) is 1. The second-order valence-corrected chi connectivity index (χ2v) is 13.7. The number of carboxylic acid groups (broad SMARTS) is 1. The SMILES string of the molecule is CCOC(=O)C(Cc1ccccc1)c1ccsc1-c1ccc(Cl)cc1.O=C(O)C(Cc1ccccc1)c1ccsc1-c1ccc(Cl)cc1. The minimum Gasteiger partial charge on any atom is -0.481 e. The Hall–Kier alpha value is -4.20. The first kappa shape index (κ1) is 35.1. The average molecular weight is 714 g/mol. The molecule has 0 spiro atoms. The van der Waals surface area contributed by atoms with E-state index in [1.165, 1.54) is 0 Å². The Bertz CT molecular complexity index is 1900. The molecule has 48 heavy (non-hydrogen) atoms. The fraction of sp³-hybridized carbons (Fsp3) is 0.150. The van der Waals surface area contributed by atoms with Gasteiger partial charge >= 0.3 is 11.9 Å². The quantitative estimate of drug-likeness (QED) is 0.136. The number of halogens is 2. The molecule has 6 aromatic rings. The lowest BCUT2D eigenvalue weighted by Gasteiger charge is -2.17. The zero-order valence-electron chi connectivity index (χ0n) is 26.2. The Kier molecular flexibility index (Phi) is 12.6. The lowest BCUT2D eigenvalue weighted by Crippen LogP contribution is -2.18. The van der Waals surface area contributed by atoms with Crippen molar-refractivity contribution >= 4 is 57.8 Å². The smallest absolute Gasteiger partial charge is 0.313 e. The molecule has 0 aliphatic heterocycles. The number of hydrogen-bond acceptors (Lipinski definition) is 5. The van der Waals surface area contributed by atoms with Crippen LogP contribution in [0.15, 0.2) is 132 Å². The molecule has 0 aliphatic carbocycles. The molecule has 2 unspecified atom stereocenters. The van der Waals surface area contributed by atoms with Crippen molar-refractivity contribution in [1.29, 1.82) is 0 Å². The molecule has 0 bridgehead atoms. The topological polar surface area (TPSA) is 63.6 Å². The normalized spacial score (nSPS) is 12.0. The number of aliphatic carboxylic acids is 1. The van der Waals surface area contributed by atoms with Crippen LogP contribution < -0.4 is 0 Å². The lowest BCUT2D eigenvalue weighted by molar-refractivity contribution is -0.145. The van der Waals surface area contributed by atoms with Crippen LogP contribution in [0.5, 0.6) is 0 Å². The third-order valence-electron chi connectivity index (χ3n) is 7.79. The van der Waals surface area contributed by atoms with Gasteiger partial charge < -0.3 is 9.84 Å². The first-order chi connectivity index (χ1) is 23.3. The van der Waals surface area contributed by atoms with E-state index in [1.54, 1.807) is 22.7 Å².